The maximum absolute atomic E-state index is 11.1. The second kappa shape index (κ2) is 7.65. The van der Waals surface area contributed by atoms with Gasteiger partial charge in [0, 0.05) is 4.47 Å². The molecule has 2 aromatic rings. The first kappa shape index (κ1) is 16.8. The molecule has 0 spiro atoms. The van der Waals surface area contributed by atoms with Gasteiger partial charge in [0.15, 0.2) is 11.5 Å². The van der Waals surface area contributed by atoms with Crippen LogP contribution in [0.25, 0.3) is 0 Å². The van der Waals surface area contributed by atoms with Gasteiger partial charge in [-0.15, -0.1) is 0 Å². The Labute approximate surface area is 145 Å². The van der Waals surface area contributed by atoms with Gasteiger partial charge in [-0.2, -0.15) is 0 Å². The standard InChI is InChI=1S/C16H14Br2O4/c1-2-21-14-8-11(16(19)20)7-13(18)15(14)22-9-10-3-5-12(17)6-4-10/h3-8H,2,9H2,1H3,(H,19,20). The number of benzene rings is 2. The van der Waals surface area contributed by atoms with Crippen molar-refractivity contribution in [3.8, 4) is 11.5 Å². The van der Waals surface area contributed by atoms with E-state index >= 15 is 0 Å². The monoisotopic (exact) mass is 428 g/mol. The summed E-state index contributed by atoms with van der Waals surface area (Å²) in [5, 5.41) is 9.11. The molecule has 0 heterocycles. The summed E-state index contributed by atoms with van der Waals surface area (Å²) in [6.45, 7) is 2.61. The highest BCUT2D eigenvalue weighted by molar-refractivity contribution is 9.10. The van der Waals surface area contributed by atoms with Crippen LogP contribution in [-0.2, 0) is 6.61 Å². The molecule has 0 atom stereocenters. The van der Waals surface area contributed by atoms with Crippen LogP contribution in [0.3, 0.4) is 0 Å². The van der Waals surface area contributed by atoms with Crippen molar-refractivity contribution >= 4 is 37.8 Å². The molecule has 22 heavy (non-hydrogen) atoms. The summed E-state index contributed by atoms with van der Waals surface area (Å²) in [6.07, 6.45) is 0. The number of hydrogen-bond acceptors (Lipinski definition) is 3. The quantitative estimate of drug-likeness (QED) is 0.710. The molecule has 0 bridgehead atoms. The van der Waals surface area contributed by atoms with Gasteiger partial charge in [-0.1, -0.05) is 28.1 Å². The topological polar surface area (TPSA) is 55.8 Å². The number of carbonyl (C=O) groups is 1. The van der Waals surface area contributed by atoms with E-state index in [-0.39, 0.29) is 5.56 Å². The lowest BCUT2D eigenvalue weighted by atomic mass is 10.2. The summed E-state index contributed by atoms with van der Waals surface area (Å²) in [6, 6.07) is 10.7. The SMILES string of the molecule is CCOc1cc(C(=O)O)cc(Br)c1OCc1ccc(Br)cc1. The van der Waals surface area contributed by atoms with Gasteiger partial charge in [0.05, 0.1) is 16.6 Å². The molecule has 4 nitrogen and oxygen atoms in total. The minimum Gasteiger partial charge on any atom is -0.490 e. The Bertz CT molecular complexity index is 669. The lowest BCUT2D eigenvalue weighted by Gasteiger charge is -2.14. The van der Waals surface area contributed by atoms with Gasteiger partial charge >= 0.3 is 5.97 Å². The van der Waals surface area contributed by atoms with Crippen LogP contribution in [0, 0.1) is 0 Å². The van der Waals surface area contributed by atoms with Crippen LogP contribution in [0.5, 0.6) is 11.5 Å². The van der Waals surface area contributed by atoms with Crippen LogP contribution in [0.2, 0.25) is 0 Å². The van der Waals surface area contributed by atoms with Crippen molar-refractivity contribution in [1.29, 1.82) is 0 Å². The van der Waals surface area contributed by atoms with Crippen molar-refractivity contribution < 1.29 is 19.4 Å². The van der Waals surface area contributed by atoms with Crippen LogP contribution < -0.4 is 9.47 Å². The van der Waals surface area contributed by atoms with E-state index < -0.39 is 5.97 Å². The van der Waals surface area contributed by atoms with Gasteiger partial charge in [0.25, 0.3) is 0 Å². The minimum atomic E-state index is -1.01. The molecule has 0 saturated carbocycles. The fraction of sp³-hybridized carbons (Fsp3) is 0.188. The molecule has 0 aliphatic rings. The molecule has 0 aromatic heterocycles. The maximum atomic E-state index is 11.1. The van der Waals surface area contributed by atoms with Crippen LogP contribution in [0.15, 0.2) is 45.3 Å². The molecule has 2 aromatic carbocycles. The van der Waals surface area contributed by atoms with E-state index in [2.05, 4.69) is 31.9 Å². The van der Waals surface area contributed by atoms with Gasteiger partial charge in [0.1, 0.15) is 6.61 Å². The fourth-order valence-corrected chi connectivity index (χ4v) is 2.65. The van der Waals surface area contributed by atoms with E-state index in [1.165, 1.54) is 12.1 Å². The Morgan fingerprint density at radius 3 is 2.41 bits per heavy atom. The molecular weight excluding hydrogens is 416 g/mol. The molecule has 0 fully saturated rings. The number of carboxylic acid groups (broad SMARTS) is 1. The third-order valence-electron chi connectivity index (χ3n) is 2.85. The first-order chi connectivity index (χ1) is 10.5. The highest BCUT2D eigenvalue weighted by Gasteiger charge is 2.15. The summed E-state index contributed by atoms with van der Waals surface area (Å²) in [7, 11) is 0. The molecule has 6 heteroatoms. The Morgan fingerprint density at radius 2 is 1.82 bits per heavy atom. The molecular formula is C16H14Br2O4. The van der Waals surface area contributed by atoms with E-state index in [0.717, 1.165) is 10.0 Å². The zero-order chi connectivity index (χ0) is 16.1. The van der Waals surface area contributed by atoms with Gasteiger partial charge in [-0.3, -0.25) is 0 Å². The van der Waals surface area contributed by atoms with Crippen molar-refractivity contribution in [2.75, 3.05) is 6.61 Å². The van der Waals surface area contributed by atoms with Gasteiger partial charge in [-0.25, -0.2) is 4.79 Å². The molecule has 0 amide bonds. The predicted molar refractivity (Wildman–Crippen MR) is 90.7 cm³/mol. The Hall–Kier alpha value is -1.53. The predicted octanol–water partition coefficient (Wildman–Crippen LogP) is 4.89. The number of rotatable bonds is 6. The summed E-state index contributed by atoms with van der Waals surface area (Å²) in [5.41, 5.74) is 1.14. The Morgan fingerprint density at radius 1 is 1.14 bits per heavy atom. The average molecular weight is 430 g/mol. The first-order valence-corrected chi connectivity index (χ1v) is 8.16. The van der Waals surface area contributed by atoms with Gasteiger partial charge in [0.2, 0.25) is 0 Å². The zero-order valence-corrected chi connectivity index (χ0v) is 15.0. The van der Waals surface area contributed by atoms with Gasteiger partial charge in [-0.05, 0) is 52.7 Å². The van der Waals surface area contributed by atoms with Gasteiger partial charge < -0.3 is 14.6 Å². The molecule has 0 saturated heterocycles. The molecule has 0 radical (unpaired) electrons. The number of hydrogen-bond donors (Lipinski definition) is 1. The van der Waals surface area contributed by atoms with Crippen LogP contribution in [0.1, 0.15) is 22.8 Å². The smallest absolute Gasteiger partial charge is 0.335 e. The highest BCUT2D eigenvalue weighted by atomic mass is 79.9. The second-order valence-electron chi connectivity index (χ2n) is 4.44. The molecule has 0 unspecified atom stereocenters. The van der Waals surface area contributed by atoms with Crippen LogP contribution in [-0.4, -0.2) is 17.7 Å². The summed E-state index contributed by atoms with van der Waals surface area (Å²) >= 11 is 6.73. The summed E-state index contributed by atoms with van der Waals surface area (Å²) < 4.78 is 12.8. The normalized spacial score (nSPS) is 10.3. The number of carboxylic acids is 1. The summed E-state index contributed by atoms with van der Waals surface area (Å²) in [4.78, 5) is 11.1. The Balaban J connectivity index is 2.25. The minimum absolute atomic E-state index is 0.145. The third-order valence-corrected chi connectivity index (χ3v) is 3.97. The van der Waals surface area contributed by atoms with Crippen molar-refractivity contribution in [2.45, 2.75) is 13.5 Å². The second-order valence-corrected chi connectivity index (χ2v) is 6.21. The average Bonchev–Trinajstić information content (AvgIpc) is 2.48. The lowest BCUT2D eigenvalue weighted by Crippen LogP contribution is -2.03. The van der Waals surface area contributed by atoms with Crippen molar-refractivity contribution in [3.63, 3.8) is 0 Å². The summed E-state index contributed by atoms with van der Waals surface area (Å²) in [5.74, 6) is -0.109. The lowest BCUT2D eigenvalue weighted by molar-refractivity contribution is 0.0696. The maximum Gasteiger partial charge on any atom is 0.335 e. The van der Waals surface area contributed by atoms with Crippen LogP contribution >= 0.6 is 31.9 Å². The van der Waals surface area contributed by atoms with E-state index in [0.29, 0.717) is 29.2 Å². The molecule has 0 aliphatic carbocycles. The van der Waals surface area contributed by atoms with Crippen molar-refractivity contribution in [3.05, 3.63) is 56.5 Å². The van der Waals surface area contributed by atoms with E-state index in [9.17, 15) is 4.79 Å². The van der Waals surface area contributed by atoms with E-state index in [1.807, 2.05) is 31.2 Å². The van der Waals surface area contributed by atoms with Crippen molar-refractivity contribution in [2.24, 2.45) is 0 Å². The largest absolute Gasteiger partial charge is 0.490 e. The molecule has 2 rings (SSSR count). The fourth-order valence-electron chi connectivity index (χ4n) is 1.83. The van der Waals surface area contributed by atoms with E-state index in [4.69, 9.17) is 14.6 Å². The number of ether oxygens (including phenoxy) is 2. The molecule has 1 N–H and O–H groups in total. The van der Waals surface area contributed by atoms with E-state index in [1.54, 1.807) is 0 Å². The first-order valence-electron chi connectivity index (χ1n) is 6.58. The van der Waals surface area contributed by atoms with Crippen molar-refractivity contribution in [1.82, 2.24) is 0 Å². The zero-order valence-electron chi connectivity index (χ0n) is 11.8. The van der Waals surface area contributed by atoms with Crippen LogP contribution in [0.4, 0.5) is 0 Å². The number of aromatic carboxylic acids is 1. The number of halogens is 2. The molecule has 0 aliphatic heterocycles. The third kappa shape index (κ3) is 4.24. The molecule has 116 valence electrons. The highest BCUT2D eigenvalue weighted by Crippen LogP contribution is 2.37. The Kier molecular flexibility index (Phi) is 5.85.